The van der Waals surface area contributed by atoms with Gasteiger partial charge < -0.3 is 4.74 Å². The van der Waals surface area contributed by atoms with E-state index in [-0.39, 0.29) is 12.4 Å². The Bertz CT molecular complexity index is 714. The lowest BCUT2D eigenvalue weighted by molar-refractivity contribution is 0.415. The Labute approximate surface area is 123 Å². The van der Waals surface area contributed by atoms with E-state index in [0.29, 0.717) is 17.0 Å². The molecule has 4 nitrogen and oxygen atoms in total. The standard InChI is InChI=1S/C15H16FNO3S/c1-20-15-6-4-3-5-14(15)17(21(2,18)19)11-12-7-9-13(16)10-8-12/h3-10H,11H2,1-2H3. The molecule has 0 N–H and O–H groups in total. The number of nitrogens with zero attached hydrogens (tertiary/aromatic N) is 1. The molecule has 0 saturated heterocycles. The van der Waals surface area contributed by atoms with Gasteiger partial charge in [-0.2, -0.15) is 0 Å². The SMILES string of the molecule is COc1ccccc1N(Cc1ccc(F)cc1)S(C)(=O)=O. The van der Waals surface area contributed by atoms with E-state index in [9.17, 15) is 12.8 Å². The normalized spacial score (nSPS) is 11.2. The molecule has 0 atom stereocenters. The summed E-state index contributed by atoms with van der Waals surface area (Å²) in [7, 11) is -2.02. The van der Waals surface area contributed by atoms with Gasteiger partial charge in [-0.1, -0.05) is 24.3 Å². The van der Waals surface area contributed by atoms with Gasteiger partial charge in [-0.25, -0.2) is 12.8 Å². The Kier molecular flexibility index (Phi) is 4.47. The number of methoxy groups -OCH3 is 1. The first-order valence-corrected chi connectivity index (χ1v) is 8.12. The highest BCUT2D eigenvalue weighted by atomic mass is 32.2. The summed E-state index contributed by atoms with van der Waals surface area (Å²) < 4.78 is 43.5. The third kappa shape index (κ3) is 3.72. The molecule has 0 aliphatic heterocycles. The van der Waals surface area contributed by atoms with Crippen LogP contribution >= 0.6 is 0 Å². The molecule has 112 valence electrons. The summed E-state index contributed by atoms with van der Waals surface area (Å²) in [4.78, 5) is 0. The van der Waals surface area contributed by atoms with Gasteiger partial charge in [0.05, 0.1) is 25.6 Å². The molecule has 2 aromatic rings. The highest BCUT2D eigenvalue weighted by Gasteiger charge is 2.21. The molecule has 0 fully saturated rings. The number of hydrogen-bond acceptors (Lipinski definition) is 3. The highest BCUT2D eigenvalue weighted by Crippen LogP contribution is 2.30. The van der Waals surface area contributed by atoms with E-state index in [4.69, 9.17) is 4.74 Å². The summed E-state index contributed by atoms with van der Waals surface area (Å²) in [6, 6.07) is 12.6. The molecule has 0 amide bonds. The molecule has 2 aromatic carbocycles. The maximum absolute atomic E-state index is 12.9. The van der Waals surface area contributed by atoms with Gasteiger partial charge in [0.2, 0.25) is 10.0 Å². The van der Waals surface area contributed by atoms with Crippen molar-refractivity contribution in [1.82, 2.24) is 0 Å². The number of rotatable bonds is 5. The minimum Gasteiger partial charge on any atom is -0.495 e. The fraction of sp³-hybridized carbons (Fsp3) is 0.200. The Hall–Kier alpha value is -2.08. The Morgan fingerprint density at radius 1 is 1.10 bits per heavy atom. The number of sulfonamides is 1. The topological polar surface area (TPSA) is 46.6 Å². The first kappa shape index (κ1) is 15.3. The third-order valence-electron chi connectivity index (χ3n) is 2.99. The second-order valence-electron chi connectivity index (χ2n) is 4.57. The van der Waals surface area contributed by atoms with Crippen LogP contribution in [0.2, 0.25) is 0 Å². The Balaban J connectivity index is 2.42. The zero-order chi connectivity index (χ0) is 15.5. The van der Waals surface area contributed by atoms with Gasteiger partial charge in [0, 0.05) is 0 Å². The third-order valence-corrected chi connectivity index (χ3v) is 4.12. The van der Waals surface area contributed by atoms with Crippen LogP contribution < -0.4 is 9.04 Å². The summed E-state index contributed by atoms with van der Waals surface area (Å²) in [5, 5.41) is 0. The minimum absolute atomic E-state index is 0.111. The van der Waals surface area contributed by atoms with E-state index in [1.807, 2.05) is 0 Å². The number of ether oxygens (including phenoxy) is 1. The molecule has 0 spiro atoms. The van der Waals surface area contributed by atoms with Gasteiger partial charge in [-0.15, -0.1) is 0 Å². The van der Waals surface area contributed by atoms with Gasteiger partial charge in [0.15, 0.2) is 0 Å². The monoisotopic (exact) mass is 309 g/mol. The maximum atomic E-state index is 12.9. The first-order valence-electron chi connectivity index (χ1n) is 6.27. The number of hydrogen-bond donors (Lipinski definition) is 0. The van der Waals surface area contributed by atoms with E-state index in [2.05, 4.69) is 0 Å². The predicted octanol–water partition coefficient (Wildman–Crippen LogP) is 2.80. The molecular weight excluding hydrogens is 293 g/mol. The quantitative estimate of drug-likeness (QED) is 0.853. The van der Waals surface area contributed by atoms with Crippen LogP contribution in [-0.4, -0.2) is 21.8 Å². The maximum Gasteiger partial charge on any atom is 0.232 e. The van der Waals surface area contributed by atoms with Crippen LogP contribution in [0.5, 0.6) is 5.75 Å². The van der Waals surface area contributed by atoms with E-state index >= 15 is 0 Å². The largest absolute Gasteiger partial charge is 0.495 e. The number of halogens is 1. The van der Waals surface area contributed by atoms with Gasteiger partial charge in [-0.3, -0.25) is 4.31 Å². The van der Waals surface area contributed by atoms with Crippen molar-refractivity contribution in [3.8, 4) is 5.75 Å². The molecule has 0 radical (unpaired) electrons. The average Bonchev–Trinajstić information content (AvgIpc) is 2.45. The van der Waals surface area contributed by atoms with Crippen LogP contribution in [0.25, 0.3) is 0 Å². The number of para-hydroxylation sites is 2. The lowest BCUT2D eigenvalue weighted by atomic mass is 10.2. The van der Waals surface area contributed by atoms with Crippen LogP contribution in [0.15, 0.2) is 48.5 Å². The van der Waals surface area contributed by atoms with E-state index in [1.54, 1.807) is 36.4 Å². The zero-order valence-corrected chi connectivity index (χ0v) is 12.6. The van der Waals surface area contributed by atoms with Crippen molar-refractivity contribution in [3.05, 3.63) is 59.9 Å². The molecule has 0 unspecified atom stereocenters. The molecule has 2 rings (SSSR count). The fourth-order valence-electron chi connectivity index (χ4n) is 1.97. The van der Waals surface area contributed by atoms with E-state index in [0.717, 1.165) is 6.26 Å². The number of anilines is 1. The van der Waals surface area contributed by atoms with Gasteiger partial charge >= 0.3 is 0 Å². The summed E-state index contributed by atoms with van der Waals surface area (Å²) in [6.07, 6.45) is 1.13. The molecule has 0 aliphatic carbocycles. The summed E-state index contributed by atoms with van der Waals surface area (Å²) in [5.74, 6) is 0.104. The Morgan fingerprint density at radius 2 is 1.71 bits per heavy atom. The molecule has 0 heterocycles. The summed E-state index contributed by atoms with van der Waals surface area (Å²) in [5.41, 5.74) is 1.14. The van der Waals surface area contributed by atoms with Crippen molar-refractivity contribution in [2.45, 2.75) is 6.54 Å². The van der Waals surface area contributed by atoms with Crippen LogP contribution in [0, 0.1) is 5.82 Å². The zero-order valence-electron chi connectivity index (χ0n) is 11.8. The molecule has 0 aromatic heterocycles. The molecule has 21 heavy (non-hydrogen) atoms. The van der Waals surface area contributed by atoms with E-state index in [1.165, 1.54) is 23.5 Å². The predicted molar refractivity (Wildman–Crippen MR) is 80.4 cm³/mol. The minimum atomic E-state index is -3.50. The van der Waals surface area contributed by atoms with Gasteiger partial charge in [0.25, 0.3) is 0 Å². The highest BCUT2D eigenvalue weighted by molar-refractivity contribution is 7.92. The molecule has 0 bridgehead atoms. The van der Waals surface area contributed by atoms with E-state index < -0.39 is 10.0 Å². The van der Waals surface area contributed by atoms with Crippen molar-refractivity contribution < 1.29 is 17.5 Å². The van der Waals surface area contributed by atoms with Crippen molar-refractivity contribution in [3.63, 3.8) is 0 Å². The molecule has 0 saturated carbocycles. The molecular formula is C15H16FNO3S. The second kappa shape index (κ2) is 6.13. The first-order chi connectivity index (χ1) is 9.91. The average molecular weight is 309 g/mol. The van der Waals surface area contributed by atoms with Crippen molar-refractivity contribution in [2.75, 3.05) is 17.7 Å². The molecule has 6 heteroatoms. The van der Waals surface area contributed by atoms with Gasteiger partial charge in [-0.05, 0) is 29.8 Å². The van der Waals surface area contributed by atoms with Crippen LogP contribution in [0.4, 0.5) is 10.1 Å². The number of benzene rings is 2. The van der Waals surface area contributed by atoms with Crippen LogP contribution in [-0.2, 0) is 16.6 Å². The van der Waals surface area contributed by atoms with Crippen molar-refractivity contribution in [2.24, 2.45) is 0 Å². The fourth-order valence-corrected chi connectivity index (χ4v) is 2.86. The Morgan fingerprint density at radius 3 is 2.29 bits per heavy atom. The lowest BCUT2D eigenvalue weighted by Gasteiger charge is -2.24. The lowest BCUT2D eigenvalue weighted by Crippen LogP contribution is -2.29. The summed E-state index contributed by atoms with van der Waals surface area (Å²) >= 11 is 0. The van der Waals surface area contributed by atoms with Crippen LogP contribution in [0.3, 0.4) is 0 Å². The van der Waals surface area contributed by atoms with Crippen molar-refractivity contribution in [1.29, 1.82) is 0 Å². The smallest absolute Gasteiger partial charge is 0.232 e. The van der Waals surface area contributed by atoms with Crippen molar-refractivity contribution >= 4 is 15.7 Å². The summed E-state index contributed by atoms with van der Waals surface area (Å²) in [6.45, 7) is 0.111. The van der Waals surface area contributed by atoms with Crippen LogP contribution in [0.1, 0.15) is 5.56 Å². The molecule has 0 aliphatic rings. The van der Waals surface area contributed by atoms with Gasteiger partial charge in [0.1, 0.15) is 11.6 Å². The second-order valence-corrected chi connectivity index (χ2v) is 6.47.